The molecular weight excluding hydrogens is 224 g/mol. The van der Waals surface area contributed by atoms with Gasteiger partial charge in [-0.15, -0.1) is 0 Å². The first kappa shape index (κ1) is 12.4. The highest BCUT2D eigenvalue weighted by Crippen LogP contribution is 2.22. The monoisotopic (exact) mass is 242 g/mol. The van der Waals surface area contributed by atoms with Gasteiger partial charge in [-0.3, -0.25) is 0 Å². The second-order valence-electron chi connectivity index (χ2n) is 4.20. The molecule has 0 aliphatic heterocycles. The SMILES string of the molecule is CCc1cccc(Nc2nc(OC)ccc2C)c1. The molecule has 1 aromatic carbocycles. The Morgan fingerprint density at radius 3 is 2.78 bits per heavy atom. The van der Waals surface area contributed by atoms with E-state index in [-0.39, 0.29) is 0 Å². The molecule has 0 fully saturated rings. The number of hydrogen-bond donors (Lipinski definition) is 1. The standard InChI is InChI=1S/C15H18N2O/c1-4-12-6-5-7-13(10-12)16-15-11(2)8-9-14(17-15)18-3/h5-10H,4H2,1-3H3,(H,16,17). The van der Waals surface area contributed by atoms with E-state index in [1.54, 1.807) is 7.11 Å². The zero-order valence-corrected chi connectivity index (χ0v) is 11.0. The van der Waals surface area contributed by atoms with Crippen molar-refractivity contribution >= 4 is 11.5 Å². The molecule has 2 rings (SSSR count). The number of aromatic nitrogens is 1. The summed E-state index contributed by atoms with van der Waals surface area (Å²) in [5, 5.41) is 3.33. The highest BCUT2D eigenvalue weighted by atomic mass is 16.5. The van der Waals surface area contributed by atoms with Gasteiger partial charge in [0.2, 0.25) is 5.88 Å². The third-order valence-corrected chi connectivity index (χ3v) is 2.88. The van der Waals surface area contributed by atoms with Gasteiger partial charge in [0.1, 0.15) is 5.82 Å². The molecule has 0 aliphatic rings. The fourth-order valence-corrected chi connectivity index (χ4v) is 1.76. The van der Waals surface area contributed by atoms with Gasteiger partial charge in [0, 0.05) is 11.8 Å². The van der Waals surface area contributed by atoms with Crippen molar-refractivity contribution in [3.8, 4) is 5.88 Å². The molecule has 0 atom stereocenters. The van der Waals surface area contributed by atoms with Gasteiger partial charge in [0.15, 0.2) is 0 Å². The largest absolute Gasteiger partial charge is 0.481 e. The molecule has 94 valence electrons. The van der Waals surface area contributed by atoms with Crippen LogP contribution in [0, 0.1) is 6.92 Å². The van der Waals surface area contributed by atoms with Crippen LogP contribution in [-0.2, 0) is 6.42 Å². The first-order chi connectivity index (χ1) is 8.72. The van der Waals surface area contributed by atoms with E-state index in [9.17, 15) is 0 Å². The molecule has 2 aromatic rings. The average molecular weight is 242 g/mol. The van der Waals surface area contributed by atoms with Crippen molar-refractivity contribution in [3.63, 3.8) is 0 Å². The number of nitrogens with one attached hydrogen (secondary N) is 1. The second kappa shape index (κ2) is 5.54. The normalized spacial score (nSPS) is 10.2. The minimum Gasteiger partial charge on any atom is -0.481 e. The molecular formula is C15H18N2O. The van der Waals surface area contributed by atoms with E-state index >= 15 is 0 Å². The van der Waals surface area contributed by atoms with Crippen LogP contribution in [0.5, 0.6) is 5.88 Å². The lowest BCUT2D eigenvalue weighted by molar-refractivity contribution is 0.398. The van der Waals surface area contributed by atoms with Crippen molar-refractivity contribution in [3.05, 3.63) is 47.5 Å². The maximum Gasteiger partial charge on any atom is 0.214 e. The van der Waals surface area contributed by atoms with Gasteiger partial charge in [-0.2, -0.15) is 4.98 Å². The third kappa shape index (κ3) is 2.80. The molecule has 1 heterocycles. The Hall–Kier alpha value is -2.03. The molecule has 0 amide bonds. The van der Waals surface area contributed by atoms with Gasteiger partial charge < -0.3 is 10.1 Å². The zero-order valence-electron chi connectivity index (χ0n) is 11.0. The Morgan fingerprint density at radius 1 is 1.22 bits per heavy atom. The van der Waals surface area contributed by atoms with E-state index in [0.29, 0.717) is 5.88 Å². The molecule has 1 N–H and O–H groups in total. The van der Waals surface area contributed by atoms with Crippen LogP contribution in [0.1, 0.15) is 18.1 Å². The van der Waals surface area contributed by atoms with Gasteiger partial charge in [-0.05, 0) is 36.6 Å². The molecule has 0 unspecified atom stereocenters. The van der Waals surface area contributed by atoms with E-state index in [2.05, 4.69) is 35.4 Å². The van der Waals surface area contributed by atoms with Crippen LogP contribution in [0.15, 0.2) is 36.4 Å². The van der Waals surface area contributed by atoms with Crippen molar-refractivity contribution in [2.24, 2.45) is 0 Å². The van der Waals surface area contributed by atoms with Crippen LogP contribution in [0.2, 0.25) is 0 Å². The van der Waals surface area contributed by atoms with Gasteiger partial charge in [0.25, 0.3) is 0 Å². The number of nitrogens with zero attached hydrogens (tertiary/aromatic N) is 1. The van der Waals surface area contributed by atoms with Gasteiger partial charge in [0.05, 0.1) is 7.11 Å². The highest BCUT2D eigenvalue weighted by molar-refractivity contribution is 5.60. The number of anilines is 2. The molecule has 0 radical (unpaired) electrons. The highest BCUT2D eigenvalue weighted by Gasteiger charge is 2.03. The number of methoxy groups -OCH3 is 1. The van der Waals surface area contributed by atoms with Crippen molar-refractivity contribution in [1.29, 1.82) is 0 Å². The molecule has 0 saturated carbocycles. The summed E-state index contributed by atoms with van der Waals surface area (Å²) in [4.78, 5) is 4.41. The Balaban J connectivity index is 2.27. The lowest BCUT2D eigenvalue weighted by atomic mass is 10.1. The Labute approximate surface area is 108 Å². The van der Waals surface area contributed by atoms with Crippen LogP contribution >= 0.6 is 0 Å². The summed E-state index contributed by atoms with van der Waals surface area (Å²) in [6.45, 7) is 4.17. The minimum absolute atomic E-state index is 0.620. The predicted molar refractivity (Wildman–Crippen MR) is 74.6 cm³/mol. The number of benzene rings is 1. The fraction of sp³-hybridized carbons (Fsp3) is 0.267. The Morgan fingerprint density at radius 2 is 2.06 bits per heavy atom. The smallest absolute Gasteiger partial charge is 0.214 e. The second-order valence-corrected chi connectivity index (χ2v) is 4.20. The fourth-order valence-electron chi connectivity index (χ4n) is 1.76. The molecule has 3 heteroatoms. The number of hydrogen-bond acceptors (Lipinski definition) is 3. The quantitative estimate of drug-likeness (QED) is 0.887. The van der Waals surface area contributed by atoms with Crippen LogP contribution in [0.25, 0.3) is 0 Å². The summed E-state index contributed by atoms with van der Waals surface area (Å²) in [5.74, 6) is 1.46. The van der Waals surface area contributed by atoms with Crippen molar-refractivity contribution in [1.82, 2.24) is 4.98 Å². The van der Waals surface area contributed by atoms with Crippen molar-refractivity contribution in [2.75, 3.05) is 12.4 Å². The van der Waals surface area contributed by atoms with Gasteiger partial charge in [-0.25, -0.2) is 0 Å². The third-order valence-electron chi connectivity index (χ3n) is 2.88. The number of aryl methyl sites for hydroxylation is 2. The van der Waals surface area contributed by atoms with Crippen LogP contribution in [0.3, 0.4) is 0 Å². The topological polar surface area (TPSA) is 34.2 Å². The number of ether oxygens (including phenoxy) is 1. The van der Waals surface area contributed by atoms with E-state index in [0.717, 1.165) is 23.5 Å². The molecule has 18 heavy (non-hydrogen) atoms. The van der Waals surface area contributed by atoms with E-state index in [4.69, 9.17) is 4.74 Å². The first-order valence-corrected chi connectivity index (χ1v) is 6.10. The summed E-state index contributed by atoms with van der Waals surface area (Å²) in [6, 6.07) is 12.2. The summed E-state index contributed by atoms with van der Waals surface area (Å²) in [6.07, 6.45) is 1.03. The molecule has 0 spiro atoms. The molecule has 0 bridgehead atoms. The maximum absolute atomic E-state index is 5.14. The van der Waals surface area contributed by atoms with Gasteiger partial charge >= 0.3 is 0 Å². The van der Waals surface area contributed by atoms with E-state index in [1.807, 2.05) is 25.1 Å². The van der Waals surface area contributed by atoms with Crippen molar-refractivity contribution < 1.29 is 4.74 Å². The van der Waals surface area contributed by atoms with Gasteiger partial charge in [-0.1, -0.05) is 25.1 Å². The Bertz CT molecular complexity index is 538. The van der Waals surface area contributed by atoms with Crippen LogP contribution in [0.4, 0.5) is 11.5 Å². The predicted octanol–water partition coefficient (Wildman–Crippen LogP) is 3.70. The van der Waals surface area contributed by atoms with Crippen LogP contribution in [-0.4, -0.2) is 12.1 Å². The molecule has 0 aliphatic carbocycles. The minimum atomic E-state index is 0.620. The van der Waals surface area contributed by atoms with Crippen molar-refractivity contribution in [2.45, 2.75) is 20.3 Å². The number of rotatable bonds is 4. The molecule has 0 saturated heterocycles. The maximum atomic E-state index is 5.14. The zero-order chi connectivity index (χ0) is 13.0. The molecule has 1 aromatic heterocycles. The summed E-state index contributed by atoms with van der Waals surface area (Å²) >= 11 is 0. The summed E-state index contributed by atoms with van der Waals surface area (Å²) in [5.41, 5.74) is 3.46. The van der Waals surface area contributed by atoms with Crippen LogP contribution < -0.4 is 10.1 Å². The Kier molecular flexibility index (Phi) is 3.82. The molecule has 3 nitrogen and oxygen atoms in total. The summed E-state index contributed by atoms with van der Waals surface area (Å²) < 4.78 is 5.14. The number of pyridine rings is 1. The lowest BCUT2D eigenvalue weighted by Gasteiger charge is -2.10. The average Bonchev–Trinajstić information content (AvgIpc) is 2.41. The first-order valence-electron chi connectivity index (χ1n) is 6.10. The lowest BCUT2D eigenvalue weighted by Crippen LogP contribution is -1.98. The van der Waals surface area contributed by atoms with E-state index in [1.165, 1.54) is 5.56 Å². The summed E-state index contributed by atoms with van der Waals surface area (Å²) in [7, 11) is 1.62. The van der Waals surface area contributed by atoms with E-state index < -0.39 is 0 Å².